The van der Waals surface area contributed by atoms with Gasteiger partial charge in [-0.25, -0.2) is 4.68 Å². The van der Waals surface area contributed by atoms with E-state index in [0.717, 1.165) is 31.9 Å². The summed E-state index contributed by atoms with van der Waals surface area (Å²) in [5, 5.41) is 11.1. The lowest BCUT2D eigenvalue weighted by Crippen LogP contribution is -2.42. The van der Waals surface area contributed by atoms with Crippen molar-refractivity contribution in [3.05, 3.63) is 21.0 Å². The van der Waals surface area contributed by atoms with Crippen LogP contribution in [0, 0.1) is 11.3 Å². The molecule has 0 bridgehead atoms. The summed E-state index contributed by atoms with van der Waals surface area (Å²) < 4.78 is 2.18. The third-order valence-electron chi connectivity index (χ3n) is 4.50. The van der Waals surface area contributed by atoms with Crippen molar-refractivity contribution in [1.82, 2.24) is 15.1 Å². The van der Waals surface area contributed by atoms with Crippen molar-refractivity contribution in [2.24, 2.45) is 11.3 Å². The summed E-state index contributed by atoms with van der Waals surface area (Å²) in [7, 11) is 0. The predicted molar refractivity (Wildman–Crippen MR) is 87.6 cm³/mol. The van der Waals surface area contributed by atoms with E-state index in [0.29, 0.717) is 10.4 Å². The van der Waals surface area contributed by atoms with Crippen molar-refractivity contribution in [2.75, 3.05) is 25.0 Å². The summed E-state index contributed by atoms with van der Waals surface area (Å²) in [6, 6.07) is 0. The lowest BCUT2D eigenvalue weighted by Gasteiger charge is -2.34. The van der Waals surface area contributed by atoms with Gasteiger partial charge in [0.1, 0.15) is 4.47 Å². The minimum atomic E-state index is -0.0289. The number of anilines is 1. The summed E-state index contributed by atoms with van der Waals surface area (Å²) in [4.78, 5) is 12.3. The Morgan fingerprint density at radius 3 is 3.05 bits per heavy atom. The van der Waals surface area contributed by atoms with Crippen molar-refractivity contribution in [3.63, 3.8) is 0 Å². The van der Waals surface area contributed by atoms with Gasteiger partial charge >= 0.3 is 0 Å². The zero-order chi connectivity index (χ0) is 14.9. The van der Waals surface area contributed by atoms with E-state index in [2.05, 4.69) is 38.6 Å². The highest BCUT2D eigenvalue weighted by atomic mass is 79.9. The number of hydrogen-bond donors (Lipinski definition) is 2. The molecule has 6 heteroatoms. The molecule has 1 aromatic rings. The maximum absolute atomic E-state index is 12.3. The molecular formula is C15H23BrN4O. The molecule has 2 N–H and O–H groups in total. The van der Waals surface area contributed by atoms with E-state index in [1.54, 1.807) is 10.9 Å². The molecule has 5 nitrogen and oxygen atoms in total. The number of piperidine rings is 1. The normalized spacial score (nSPS) is 25.8. The maximum Gasteiger partial charge on any atom is 0.283 e. The van der Waals surface area contributed by atoms with Crippen LogP contribution >= 0.6 is 15.9 Å². The van der Waals surface area contributed by atoms with E-state index in [-0.39, 0.29) is 11.0 Å². The van der Waals surface area contributed by atoms with Gasteiger partial charge in [-0.05, 0) is 59.5 Å². The SMILES string of the molecule is CC1(CNc2cnn(CC3CC3)c(=O)c2Br)CCCNC1. The first kappa shape index (κ1) is 15.0. The molecular weight excluding hydrogens is 332 g/mol. The molecule has 1 unspecified atom stereocenters. The molecule has 0 spiro atoms. The van der Waals surface area contributed by atoms with Gasteiger partial charge in [-0.3, -0.25) is 4.79 Å². The molecule has 116 valence electrons. The van der Waals surface area contributed by atoms with Gasteiger partial charge in [-0.15, -0.1) is 0 Å². The molecule has 3 rings (SSSR count). The van der Waals surface area contributed by atoms with Gasteiger partial charge in [-0.1, -0.05) is 6.92 Å². The Morgan fingerprint density at radius 1 is 1.57 bits per heavy atom. The molecule has 1 saturated carbocycles. The molecule has 0 aromatic carbocycles. The number of hydrogen-bond acceptors (Lipinski definition) is 4. The minimum Gasteiger partial charge on any atom is -0.382 e. The van der Waals surface area contributed by atoms with Crippen LogP contribution in [0.25, 0.3) is 0 Å². The Balaban J connectivity index is 1.67. The molecule has 1 saturated heterocycles. The van der Waals surface area contributed by atoms with Crippen molar-refractivity contribution < 1.29 is 0 Å². The first-order chi connectivity index (χ1) is 10.1. The van der Waals surface area contributed by atoms with Crippen LogP contribution in [0.15, 0.2) is 15.5 Å². The zero-order valence-corrected chi connectivity index (χ0v) is 14.1. The Morgan fingerprint density at radius 2 is 2.38 bits per heavy atom. The molecule has 0 amide bonds. The van der Waals surface area contributed by atoms with Gasteiger partial charge < -0.3 is 10.6 Å². The van der Waals surface area contributed by atoms with Crippen molar-refractivity contribution >= 4 is 21.6 Å². The summed E-state index contributed by atoms with van der Waals surface area (Å²) in [5.41, 5.74) is 1.01. The number of aromatic nitrogens is 2. The van der Waals surface area contributed by atoms with Crippen LogP contribution in [0.1, 0.15) is 32.6 Å². The number of nitrogens with one attached hydrogen (secondary N) is 2. The molecule has 2 heterocycles. The highest BCUT2D eigenvalue weighted by Gasteiger charge is 2.27. The summed E-state index contributed by atoms with van der Waals surface area (Å²) in [6.45, 7) is 6.01. The van der Waals surface area contributed by atoms with Crippen LogP contribution in [-0.2, 0) is 6.54 Å². The molecule has 2 aliphatic rings. The highest BCUT2D eigenvalue weighted by Crippen LogP contribution is 2.30. The fraction of sp³-hybridized carbons (Fsp3) is 0.733. The molecule has 0 radical (unpaired) electrons. The van der Waals surface area contributed by atoms with Gasteiger partial charge in [0.15, 0.2) is 0 Å². The van der Waals surface area contributed by atoms with Crippen LogP contribution in [0.5, 0.6) is 0 Å². The third-order valence-corrected chi connectivity index (χ3v) is 5.27. The quantitative estimate of drug-likeness (QED) is 0.850. The summed E-state index contributed by atoms with van der Waals surface area (Å²) in [6.07, 6.45) is 6.62. The van der Waals surface area contributed by atoms with E-state index in [9.17, 15) is 4.79 Å². The number of rotatable bonds is 5. The second-order valence-electron chi connectivity index (χ2n) is 6.75. The standard InChI is InChI=1S/C15H23BrN4O/c1-15(5-2-6-17-9-15)10-18-12-7-19-20(8-11-3-4-11)14(21)13(12)16/h7,11,17-18H,2-6,8-10H2,1H3. The fourth-order valence-electron chi connectivity index (χ4n) is 2.84. The van der Waals surface area contributed by atoms with Crippen molar-refractivity contribution in [2.45, 2.75) is 39.2 Å². The lowest BCUT2D eigenvalue weighted by molar-refractivity contribution is 0.253. The van der Waals surface area contributed by atoms with Crippen LogP contribution in [0.2, 0.25) is 0 Å². The van der Waals surface area contributed by atoms with Crippen molar-refractivity contribution in [1.29, 1.82) is 0 Å². The van der Waals surface area contributed by atoms with E-state index >= 15 is 0 Å². The third kappa shape index (κ3) is 3.66. The topological polar surface area (TPSA) is 59.0 Å². The van der Waals surface area contributed by atoms with E-state index in [1.165, 1.54) is 25.7 Å². The van der Waals surface area contributed by atoms with E-state index < -0.39 is 0 Å². The Bertz CT molecular complexity index is 561. The first-order valence-corrected chi connectivity index (χ1v) is 8.57. The van der Waals surface area contributed by atoms with Crippen LogP contribution in [0.3, 0.4) is 0 Å². The number of halogens is 1. The van der Waals surface area contributed by atoms with Crippen molar-refractivity contribution in [3.8, 4) is 0 Å². The molecule has 2 fully saturated rings. The monoisotopic (exact) mass is 354 g/mol. The highest BCUT2D eigenvalue weighted by molar-refractivity contribution is 9.10. The van der Waals surface area contributed by atoms with Gasteiger partial charge in [0.25, 0.3) is 5.56 Å². The zero-order valence-electron chi connectivity index (χ0n) is 12.5. The average Bonchev–Trinajstić information content (AvgIpc) is 3.28. The molecule has 1 aliphatic carbocycles. The summed E-state index contributed by atoms with van der Waals surface area (Å²) in [5.74, 6) is 0.646. The first-order valence-electron chi connectivity index (χ1n) is 7.78. The van der Waals surface area contributed by atoms with Crippen LogP contribution < -0.4 is 16.2 Å². The molecule has 21 heavy (non-hydrogen) atoms. The predicted octanol–water partition coefficient (Wildman–Crippen LogP) is 2.22. The second kappa shape index (κ2) is 6.08. The lowest BCUT2D eigenvalue weighted by atomic mass is 9.83. The average molecular weight is 355 g/mol. The van der Waals surface area contributed by atoms with E-state index in [4.69, 9.17) is 0 Å². The smallest absolute Gasteiger partial charge is 0.283 e. The Kier molecular flexibility index (Phi) is 4.36. The molecule has 1 aliphatic heterocycles. The van der Waals surface area contributed by atoms with Gasteiger partial charge in [0, 0.05) is 19.6 Å². The largest absolute Gasteiger partial charge is 0.382 e. The second-order valence-corrected chi connectivity index (χ2v) is 7.54. The van der Waals surface area contributed by atoms with Gasteiger partial charge in [0.05, 0.1) is 11.9 Å². The van der Waals surface area contributed by atoms with Crippen LogP contribution in [-0.4, -0.2) is 29.4 Å². The number of nitrogens with zero attached hydrogens (tertiary/aromatic N) is 2. The summed E-state index contributed by atoms with van der Waals surface area (Å²) >= 11 is 3.43. The Labute approximate surface area is 133 Å². The van der Waals surface area contributed by atoms with Gasteiger partial charge in [0.2, 0.25) is 0 Å². The van der Waals surface area contributed by atoms with E-state index in [1.807, 2.05) is 0 Å². The fourth-order valence-corrected chi connectivity index (χ4v) is 3.29. The molecule has 1 aromatic heterocycles. The minimum absolute atomic E-state index is 0.0289. The molecule has 1 atom stereocenters. The maximum atomic E-state index is 12.3. The Hall–Kier alpha value is -0.880. The van der Waals surface area contributed by atoms with Gasteiger partial charge in [-0.2, -0.15) is 5.10 Å². The van der Waals surface area contributed by atoms with Crippen LogP contribution in [0.4, 0.5) is 5.69 Å².